The van der Waals surface area contributed by atoms with Gasteiger partial charge >= 0.3 is 0 Å². The summed E-state index contributed by atoms with van der Waals surface area (Å²) in [5, 5.41) is 13.7. The van der Waals surface area contributed by atoms with Crippen LogP contribution in [0.4, 0.5) is 5.82 Å². The van der Waals surface area contributed by atoms with Crippen LogP contribution in [-0.2, 0) is 11.2 Å². The van der Waals surface area contributed by atoms with Crippen molar-refractivity contribution < 1.29 is 14.7 Å². The van der Waals surface area contributed by atoms with Gasteiger partial charge in [-0.2, -0.15) is 0 Å². The molecule has 2 fully saturated rings. The number of aliphatic hydroxyl groups is 1. The maximum absolute atomic E-state index is 12.6. The third-order valence-electron chi connectivity index (χ3n) is 6.07. The molecule has 29 heavy (non-hydrogen) atoms. The topological polar surface area (TPSA) is 82.5 Å². The lowest BCUT2D eigenvalue weighted by molar-refractivity contribution is -0.114. The van der Waals surface area contributed by atoms with Gasteiger partial charge in [0.15, 0.2) is 5.78 Å². The van der Waals surface area contributed by atoms with E-state index in [2.05, 4.69) is 27.3 Å². The maximum atomic E-state index is 12.6. The first-order chi connectivity index (χ1) is 13.9. The van der Waals surface area contributed by atoms with Crippen LogP contribution < -0.4 is 5.32 Å². The van der Waals surface area contributed by atoms with Gasteiger partial charge in [0.25, 0.3) is 0 Å². The zero-order valence-electron chi connectivity index (χ0n) is 16.7. The van der Waals surface area contributed by atoms with E-state index in [0.717, 1.165) is 25.9 Å². The quantitative estimate of drug-likeness (QED) is 0.737. The number of benzene rings is 1. The van der Waals surface area contributed by atoms with Crippen LogP contribution in [0, 0.1) is 11.8 Å². The number of carbonyl (C=O) groups excluding carboxylic acids is 2. The Morgan fingerprint density at radius 1 is 1.14 bits per heavy atom. The second-order valence-electron chi connectivity index (χ2n) is 8.55. The summed E-state index contributed by atoms with van der Waals surface area (Å²) in [7, 11) is 0. The second-order valence-corrected chi connectivity index (χ2v) is 8.55. The second kappa shape index (κ2) is 8.05. The van der Waals surface area contributed by atoms with Crippen LogP contribution in [0.3, 0.4) is 0 Å². The van der Waals surface area contributed by atoms with Crippen molar-refractivity contribution >= 4 is 17.5 Å². The Bertz CT molecular complexity index is 868. The van der Waals surface area contributed by atoms with Gasteiger partial charge in [0, 0.05) is 38.2 Å². The van der Waals surface area contributed by atoms with Crippen LogP contribution in [0.2, 0.25) is 0 Å². The maximum Gasteiger partial charge on any atom is 0.222 e. The molecule has 1 saturated heterocycles. The molecule has 1 aromatic carbocycles. The van der Waals surface area contributed by atoms with E-state index in [1.165, 1.54) is 18.7 Å². The summed E-state index contributed by atoms with van der Waals surface area (Å²) < 4.78 is 0. The molecule has 2 unspecified atom stereocenters. The molecule has 1 aromatic heterocycles. The Morgan fingerprint density at radius 2 is 1.83 bits per heavy atom. The number of nitrogens with one attached hydrogen (secondary N) is 1. The highest BCUT2D eigenvalue weighted by Crippen LogP contribution is 2.45. The van der Waals surface area contributed by atoms with Gasteiger partial charge in [-0.1, -0.05) is 30.3 Å². The van der Waals surface area contributed by atoms with Crippen molar-refractivity contribution in [2.24, 2.45) is 11.8 Å². The van der Waals surface area contributed by atoms with Gasteiger partial charge in [-0.3, -0.25) is 14.5 Å². The number of Topliss-reactive ketones (excluding diaryl/α,β-unsaturated/α-hetero) is 1. The SMILES string of the molecule is CC(=O)Nc1ccc(C(=O)CN2CC3CC(O)(Cc4ccccc4)C[C@@H]3C2)cn1. The molecular formula is C23H27N3O3. The number of hydrogen-bond donors (Lipinski definition) is 2. The number of aromatic nitrogens is 1. The first-order valence-corrected chi connectivity index (χ1v) is 10.2. The zero-order chi connectivity index (χ0) is 20.4. The number of ketones is 1. The standard InChI is InChI=1S/C23H27N3O3/c1-16(27)25-22-8-7-18(12-24-22)21(28)15-26-13-19-10-23(29,11-20(19)14-26)9-17-5-3-2-4-6-17/h2-8,12,19-20,29H,9-11,13-15H2,1H3,(H,24,25,27)/t19-,20?,23?/m1/s1. The van der Waals surface area contributed by atoms with Crippen molar-refractivity contribution in [3.8, 4) is 0 Å². The van der Waals surface area contributed by atoms with Crippen LogP contribution in [0.5, 0.6) is 0 Å². The van der Waals surface area contributed by atoms with Crippen molar-refractivity contribution in [2.75, 3.05) is 25.0 Å². The van der Waals surface area contributed by atoms with Crippen molar-refractivity contribution in [1.82, 2.24) is 9.88 Å². The summed E-state index contributed by atoms with van der Waals surface area (Å²) in [6.07, 6.45) is 3.81. The van der Waals surface area contributed by atoms with Gasteiger partial charge in [0.1, 0.15) is 5.82 Å². The van der Waals surface area contributed by atoms with Gasteiger partial charge in [0.2, 0.25) is 5.91 Å². The fourth-order valence-electron chi connectivity index (χ4n) is 4.91. The van der Waals surface area contributed by atoms with Crippen molar-refractivity contribution in [3.05, 3.63) is 59.8 Å². The lowest BCUT2D eigenvalue weighted by Gasteiger charge is -2.26. The van der Waals surface area contributed by atoms with E-state index in [9.17, 15) is 14.7 Å². The molecule has 1 aliphatic heterocycles. The van der Waals surface area contributed by atoms with Gasteiger partial charge < -0.3 is 10.4 Å². The van der Waals surface area contributed by atoms with E-state index in [1.807, 2.05) is 18.2 Å². The third-order valence-corrected chi connectivity index (χ3v) is 6.07. The monoisotopic (exact) mass is 393 g/mol. The Hall–Kier alpha value is -2.57. The van der Waals surface area contributed by atoms with Gasteiger partial charge in [-0.05, 0) is 42.4 Å². The molecule has 1 aliphatic carbocycles. The normalized spacial score (nSPS) is 26.3. The number of fused-ring (bicyclic) bond motifs is 1. The molecule has 0 spiro atoms. The molecule has 1 amide bonds. The number of likely N-dealkylation sites (tertiary alicyclic amines) is 1. The molecule has 0 bridgehead atoms. The molecule has 6 nitrogen and oxygen atoms in total. The van der Waals surface area contributed by atoms with E-state index < -0.39 is 5.60 Å². The molecule has 0 radical (unpaired) electrons. The largest absolute Gasteiger partial charge is 0.390 e. The highest BCUT2D eigenvalue weighted by atomic mass is 16.3. The van der Waals surface area contributed by atoms with Crippen LogP contribution in [0.1, 0.15) is 35.7 Å². The lowest BCUT2D eigenvalue weighted by atomic mass is 9.91. The summed E-state index contributed by atoms with van der Waals surface area (Å²) in [4.78, 5) is 30.0. The number of rotatable bonds is 6. The van der Waals surface area contributed by atoms with E-state index in [1.54, 1.807) is 12.1 Å². The van der Waals surface area contributed by atoms with Gasteiger partial charge in [-0.25, -0.2) is 4.98 Å². The molecule has 2 aromatic rings. The molecule has 2 heterocycles. The molecule has 3 atom stereocenters. The molecule has 152 valence electrons. The molecular weight excluding hydrogens is 366 g/mol. The van der Waals surface area contributed by atoms with E-state index in [4.69, 9.17) is 0 Å². The summed E-state index contributed by atoms with van der Waals surface area (Å²) in [6.45, 7) is 3.49. The predicted octanol–water partition coefficient (Wildman–Crippen LogP) is 2.54. The molecule has 2 N–H and O–H groups in total. The first kappa shape index (κ1) is 19.7. The van der Waals surface area contributed by atoms with E-state index >= 15 is 0 Å². The Kier molecular flexibility index (Phi) is 5.48. The minimum atomic E-state index is -0.629. The number of carbonyl (C=O) groups is 2. The summed E-state index contributed by atoms with van der Waals surface area (Å²) >= 11 is 0. The van der Waals surface area contributed by atoms with Crippen molar-refractivity contribution in [2.45, 2.75) is 31.8 Å². The summed E-state index contributed by atoms with van der Waals surface area (Å²) in [5.74, 6) is 1.18. The van der Waals surface area contributed by atoms with Crippen LogP contribution >= 0.6 is 0 Å². The van der Waals surface area contributed by atoms with Crippen LogP contribution in [0.25, 0.3) is 0 Å². The highest BCUT2D eigenvalue weighted by Gasteiger charge is 2.48. The molecule has 6 heteroatoms. The van der Waals surface area contributed by atoms with Gasteiger partial charge in [0.05, 0.1) is 12.1 Å². The highest BCUT2D eigenvalue weighted by molar-refractivity contribution is 5.97. The molecule has 4 rings (SSSR count). The Balaban J connectivity index is 1.30. The number of anilines is 1. The summed E-state index contributed by atoms with van der Waals surface area (Å²) in [6, 6.07) is 13.5. The number of hydrogen-bond acceptors (Lipinski definition) is 5. The van der Waals surface area contributed by atoms with Gasteiger partial charge in [-0.15, -0.1) is 0 Å². The minimum absolute atomic E-state index is 0.0337. The predicted molar refractivity (Wildman–Crippen MR) is 111 cm³/mol. The third kappa shape index (κ3) is 4.71. The Morgan fingerprint density at radius 3 is 2.41 bits per heavy atom. The zero-order valence-corrected chi connectivity index (χ0v) is 16.7. The first-order valence-electron chi connectivity index (χ1n) is 10.2. The van der Waals surface area contributed by atoms with Crippen LogP contribution in [0.15, 0.2) is 48.7 Å². The smallest absolute Gasteiger partial charge is 0.222 e. The lowest BCUT2D eigenvalue weighted by Crippen LogP contribution is -2.34. The average molecular weight is 393 g/mol. The average Bonchev–Trinajstić information content (AvgIpc) is 3.16. The van der Waals surface area contributed by atoms with Crippen molar-refractivity contribution in [1.29, 1.82) is 0 Å². The Labute approximate surface area is 171 Å². The molecule has 1 saturated carbocycles. The number of amides is 1. The number of nitrogens with zero attached hydrogens (tertiary/aromatic N) is 2. The van der Waals surface area contributed by atoms with Crippen LogP contribution in [-0.4, -0.2) is 51.9 Å². The summed E-state index contributed by atoms with van der Waals surface area (Å²) in [5.41, 5.74) is 1.10. The van der Waals surface area contributed by atoms with Crippen molar-refractivity contribution in [3.63, 3.8) is 0 Å². The fraction of sp³-hybridized carbons (Fsp3) is 0.435. The fourth-order valence-corrected chi connectivity index (χ4v) is 4.91. The van der Waals surface area contributed by atoms with E-state index in [0.29, 0.717) is 36.2 Å². The molecule has 2 aliphatic rings. The van der Waals surface area contributed by atoms with E-state index in [-0.39, 0.29) is 11.7 Å². The minimum Gasteiger partial charge on any atom is -0.390 e. The number of pyridine rings is 1.